The summed E-state index contributed by atoms with van der Waals surface area (Å²) in [7, 11) is 1.49. The minimum absolute atomic E-state index is 0.161. The number of halogens is 2. The smallest absolute Gasteiger partial charge is 0.387 e. The van der Waals surface area contributed by atoms with Gasteiger partial charge in [-0.05, 0) is 12.5 Å². The largest absolute Gasteiger partial charge is 0.497 e. The Hall–Kier alpha value is -1.44. The number of piperazine rings is 1. The van der Waals surface area contributed by atoms with E-state index < -0.39 is 6.61 Å². The van der Waals surface area contributed by atoms with Gasteiger partial charge in [0, 0.05) is 50.4 Å². The highest BCUT2D eigenvalue weighted by atomic mass is 19.3. The van der Waals surface area contributed by atoms with Crippen LogP contribution >= 0.6 is 0 Å². The molecule has 24 heavy (non-hydrogen) atoms. The van der Waals surface area contributed by atoms with Crippen molar-refractivity contribution in [1.82, 2.24) is 9.80 Å². The highest BCUT2D eigenvalue weighted by Gasteiger charge is 2.23. The number of methoxy groups -OCH3 is 1. The second-order valence-electron chi connectivity index (χ2n) is 5.91. The molecular weight excluding hydrogens is 318 g/mol. The fourth-order valence-electron chi connectivity index (χ4n) is 3.03. The van der Waals surface area contributed by atoms with E-state index in [1.165, 1.54) is 13.2 Å². The van der Waals surface area contributed by atoms with Crippen molar-refractivity contribution >= 4 is 0 Å². The predicted molar refractivity (Wildman–Crippen MR) is 87.6 cm³/mol. The van der Waals surface area contributed by atoms with Gasteiger partial charge in [-0.1, -0.05) is 13.0 Å². The summed E-state index contributed by atoms with van der Waals surface area (Å²) >= 11 is 0. The highest BCUT2D eigenvalue weighted by molar-refractivity contribution is 5.40. The molecule has 1 aromatic rings. The molecule has 0 bridgehead atoms. The lowest BCUT2D eigenvalue weighted by Crippen LogP contribution is -2.50. The Morgan fingerprint density at radius 1 is 1.21 bits per heavy atom. The maximum absolute atomic E-state index is 12.6. The van der Waals surface area contributed by atoms with E-state index in [-0.39, 0.29) is 18.4 Å². The van der Waals surface area contributed by atoms with Gasteiger partial charge in [-0.2, -0.15) is 8.78 Å². The van der Waals surface area contributed by atoms with Crippen molar-refractivity contribution in [3.05, 3.63) is 23.8 Å². The zero-order chi connectivity index (χ0) is 17.5. The summed E-state index contributed by atoms with van der Waals surface area (Å²) in [6, 6.07) is 5.22. The van der Waals surface area contributed by atoms with Crippen LogP contribution in [0.5, 0.6) is 11.5 Å². The van der Waals surface area contributed by atoms with E-state index in [2.05, 4.69) is 21.5 Å². The average Bonchev–Trinajstić information content (AvgIpc) is 2.58. The third-order valence-electron chi connectivity index (χ3n) is 4.49. The van der Waals surface area contributed by atoms with E-state index in [1.807, 2.05) is 0 Å². The second-order valence-corrected chi connectivity index (χ2v) is 5.91. The molecule has 1 unspecified atom stereocenters. The lowest BCUT2D eigenvalue weighted by molar-refractivity contribution is -0.0510. The zero-order valence-corrected chi connectivity index (χ0v) is 14.3. The van der Waals surface area contributed by atoms with Crippen LogP contribution in [-0.4, -0.2) is 67.5 Å². The monoisotopic (exact) mass is 344 g/mol. The maximum Gasteiger partial charge on any atom is 0.387 e. The fourth-order valence-corrected chi connectivity index (χ4v) is 3.03. The first-order chi connectivity index (χ1) is 11.6. The molecule has 0 aliphatic carbocycles. The molecule has 1 N–H and O–H groups in total. The molecular formula is C17H26F2N2O3. The number of hydrogen-bond donors (Lipinski definition) is 1. The van der Waals surface area contributed by atoms with Crippen molar-refractivity contribution < 1.29 is 23.4 Å². The van der Waals surface area contributed by atoms with Crippen LogP contribution in [0.4, 0.5) is 8.78 Å². The average molecular weight is 344 g/mol. The molecule has 2 rings (SSSR count). The molecule has 0 saturated carbocycles. The molecule has 136 valence electrons. The molecule has 1 heterocycles. The van der Waals surface area contributed by atoms with Crippen LogP contribution in [0.1, 0.15) is 18.9 Å². The van der Waals surface area contributed by atoms with Gasteiger partial charge in [0.1, 0.15) is 11.5 Å². The van der Waals surface area contributed by atoms with Crippen LogP contribution in [0.3, 0.4) is 0 Å². The van der Waals surface area contributed by atoms with Gasteiger partial charge in [-0.25, -0.2) is 0 Å². The first-order valence-corrected chi connectivity index (χ1v) is 8.26. The minimum Gasteiger partial charge on any atom is -0.497 e. The number of aliphatic hydroxyl groups is 1. The molecule has 1 aromatic carbocycles. The number of nitrogens with zero attached hydrogens (tertiary/aromatic N) is 2. The van der Waals surface area contributed by atoms with E-state index >= 15 is 0 Å². The lowest BCUT2D eigenvalue weighted by Gasteiger charge is -2.38. The summed E-state index contributed by atoms with van der Waals surface area (Å²) in [5.74, 6) is 0.654. The van der Waals surface area contributed by atoms with Gasteiger partial charge >= 0.3 is 6.61 Å². The Labute approximate surface area is 141 Å². The summed E-state index contributed by atoms with van der Waals surface area (Å²) in [5.41, 5.74) is 0.721. The molecule has 1 saturated heterocycles. The normalized spacial score (nSPS) is 17.9. The van der Waals surface area contributed by atoms with Crippen molar-refractivity contribution in [1.29, 1.82) is 0 Å². The summed E-state index contributed by atoms with van der Waals surface area (Å²) in [4.78, 5) is 4.49. The Morgan fingerprint density at radius 3 is 2.46 bits per heavy atom. The summed E-state index contributed by atoms with van der Waals surface area (Å²) in [6.45, 7) is 3.31. The van der Waals surface area contributed by atoms with Gasteiger partial charge in [0.2, 0.25) is 0 Å². The number of benzene rings is 1. The summed E-state index contributed by atoms with van der Waals surface area (Å²) < 4.78 is 35.0. The van der Waals surface area contributed by atoms with Crippen molar-refractivity contribution in [2.45, 2.75) is 32.5 Å². The lowest BCUT2D eigenvalue weighted by atomic mass is 10.1. The van der Waals surface area contributed by atoms with Gasteiger partial charge in [-0.15, -0.1) is 0 Å². The molecule has 0 aromatic heterocycles. The molecule has 1 aliphatic rings. The molecule has 1 atom stereocenters. The zero-order valence-electron chi connectivity index (χ0n) is 14.3. The van der Waals surface area contributed by atoms with E-state index in [0.717, 1.165) is 38.2 Å². The van der Waals surface area contributed by atoms with Gasteiger partial charge in [-0.3, -0.25) is 9.80 Å². The third kappa shape index (κ3) is 5.03. The Kier molecular flexibility index (Phi) is 7.20. The first kappa shape index (κ1) is 18.9. The van der Waals surface area contributed by atoms with Crippen molar-refractivity contribution in [3.63, 3.8) is 0 Å². The number of alkyl halides is 2. The van der Waals surface area contributed by atoms with Crippen LogP contribution in [0.25, 0.3) is 0 Å². The molecule has 1 fully saturated rings. The van der Waals surface area contributed by atoms with E-state index in [1.54, 1.807) is 12.1 Å². The van der Waals surface area contributed by atoms with Crippen LogP contribution in [0.2, 0.25) is 0 Å². The topological polar surface area (TPSA) is 45.2 Å². The van der Waals surface area contributed by atoms with Crippen LogP contribution in [0.15, 0.2) is 18.2 Å². The number of ether oxygens (including phenoxy) is 2. The van der Waals surface area contributed by atoms with E-state index in [4.69, 9.17) is 4.74 Å². The molecule has 1 aliphatic heterocycles. The quantitative estimate of drug-likeness (QED) is 0.783. The molecule has 0 amide bonds. The SMILES string of the molecule is CCC(CO)N1CCN(Cc2ccc(OC)cc2OC(F)F)CC1. The van der Waals surface area contributed by atoms with Crippen LogP contribution < -0.4 is 9.47 Å². The number of rotatable bonds is 8. The first-order valence-electron chi connectivity index (χ1n) is 8.26. The van der Waals surface area contributed by atoms with Crippen molar-refractivity contribution in [3.8, 4) is 11.5 Å². The van der Waals surface area contributed by atoms with E-state index in [0.29, 0.717) is 12.3 Å². The molecule has 7 heteroatoms. The second kappa shape index (κ2) is 9.15. The summed E-state index contributed by atoms with van der Waals surface area (Å²) in [5, 5.41) is 9.39. The Morgan fingerprint density at radius 2 is 1.92 bits per heavy atom. The summed E-state index contributed by atoms with van der Waals surface area (Å²) in [6.07, 6.45) is 0.918. The third-order valence-corrected chi connectivity index (χ3v) is 4.49. The van der Waals surface area contributed by atoms with Crippen molar-refractivity contribution in [2.24, 2.45) is 0 Å². The molecule has 0 spiro atoms. The predicted octanol–water partition coefficient (Wildman–Crippen LogP) is 2.19. The van der Waals surface area contributed by atoms with E-state index in [9.17, 15) is 13.9 Å². The standard InChI is InChI=1S/C17H26F2N2O3/c1-3-14(12-22)21-8-6-20(7-9-21)11-13-4-5-15(23-2)10-16(13)24-17(18)19/h4-5,10,14,17,22H,3,6-9,11-12H2,1-2H3. The van der Waals surface area contributed by atoms with Gasteiger partial charge in [0.15, 0.2) is 0 Å². The van der Waals surface area contributed by atoms with Gasteiger partial charge in [0.05, 0.1) is 13.7 Å². The van der Waals surface area contributed by atoms with Crippen LogP contribution in [-0.2, 0) is 6.54 Å². The molecule has 0 radical (unpaired) electrons. The minimum atomic E-state index is -2.86. The molecule has 5 nitrogen and oxygen atoms in total. The highest BCUT2D eigenvalue weighted by Crippen LogP contribution is 2.28. The Balaban J connectivity index is 1.99. The van der Waals surface area contributed by atoms with Crippen molar-refractivity contribution in [2.75, 3.05) is 39.9 Å². The van der Waals surface area contributed by atoms with Gasteiger partial charge in [0.25, 0.3) is 0 Å². The van der Waals surface area contributed by atoms with Crippen LogP contribution in [0, 0.1) is 0 Å². The number of aliphatic hydroxyl groups excluding tert-OH is 1. The maximum atomic E-state index is 12.6. The Bertz CT molecular complexity index is 505. The van der Waals surface area contributed by atoms with Gasteiger partial charge < -0.3 is 14.6 Å². The fraction of sp³-hybridized carbons (Fsp3) is 0.647. The number of hydrogen-bond acceptors (Lipinski definition) is 5.